The molecule has 0 aliphatic carbocycles. The van der Waals surface area contributed by atoms with Gasteiger partial charge in [0.1, 0.15) is 12.4 Å². The molecule has 0 bridgehead atoms. The summed E-state index contributed by atoms with van der Waals surface area (Å²) >= 11 is 1.45. The van der Waals surface area contributed by atoms with Crippen LogP contribution in [0.2, 0.25) is 0 Å². The summed E-state index contributed by atoms with van der Waals surface area (Å²) in [6.07, 6.45) is 1.86. The van der Waals surface area contributed by atoms with Gasteiger partial charge < -0.3 is 5.32 Å². The molecule has 0 aliphatic heterocycles. The molecule has 3 aromatic carbocycles. The van der Waals surface area contributed by atoms with Gasteiger partial charge in [-0.05, 0) is 73.0 Å². The third-order valence-corrected chi connectivity index (χ3v) is 10.1. The predicted octanol–water partition coefficient (Wildman–Crippen LogP) is 4.41. The zero-order valence-corrected chi connectivity index (χ0v) is 23.0. The lowest BCUT2D eigenvalue weighted by molar-refractivity contribution is -0.114. The van der Waals surface area contributed by atoms with Gasteiger partial charge in [-0.15, -0.1) is 11.8 Å². The number of carbonyl (C=O) groups is 1. The van der Waals surface area contributed by atoms with Crippen LogP contribution in [0.4, 0.5) is 15.8 Å². The van der Waals surface area contributed by atoms with E-state index in [4.69, 9.17) is 0 Å². The Morgan fingerprint density at radius 2 is 1.43 bits per heavy atom. The van der Waals surface area contributed by atoms with Gasteiger partial charge in [0.25, 0.3) is 10.0 Å². The first-order valence-corrected chi connectivity index (χ1v) is 15.5. The highest BCUT2D eigenvalue weighted by molar-refractivity contribution is 7.98. The molecule has 0 aromatic heterocycles. The smallest absolute Gasteiger partial charge is 0.264 e. The van der Waals surface area contributed by atoms with Crippen LogP contribution in [0.5, 0.6) is 0 Å². The lowest BCUT2D eigenvalue weighted by Gasteiger charge is -2.24. The van der Waals surface area contributed by atoms with Crippen LogP contribution in [0.25, 0.3) is 0 Å². The van der Waals surface area contributed by atoms with Gasteiger partial charge in [-0.2, -0.15) is 4.31 Å². The minimum Gasteiger partial charge on any atom is -0.325 e. The second kappa shape index (κ2) is 12.1. The predicted molar refractivity (Wildman–Crippen MR) is 144 cm³/mol. The van der Waals surface area contributed by atoms with Gasteiger partial charge >= 0.3 is 0 Å². The van der Waals surface area contributed by atoms with Crippen LogP contribution < -0.4 is 9.62 Å². The summed E-state index contributed by atoms with van der Waals surface area (Å²) in [5, 5.41) is 2.58. The molecule has 198 valence electrons. The summed E-state index contributed by atoms with van der Waals surface area (Å²) in [6, 6.07) is 16.7. The molecule has 1 amide bonds. The van der Waals surface area contributed by atoms with Crippen LogP contribution in [0.15, 0.2) is 87.5 Å². The Morgan fingerprint density at radius 1 is 0.865 bits per heavy atom. The van der Waals surface area contributed by atoms with Crippen LogP contribution >= 0.6 is 11.8 Å². The number of halogens is 1. The fourth-order valence-electron chi connectivity index (χ4n) is 3.58. The van der Waals surface area contributed by atoms with Gasteiger partial charge in [0.2, 0.25) is 15.9 Å². The molecule has 0 aliphatic rings. The summed E-state index contributed by atoms with van der Waals surface area (Å²) in [7, 11) is -7.88. The number of hydrogen-bond donors (Lipinski definition) is 1. The van der Waals surface area contributed by atoms with Crippen molar-refractivity contribution in [1.82, 2.24) is 4.31 Å². The van der Waals surface area contributed by atoms with Crippen LogP contribution in [0.1, 0.15) is 13.8 Å². The minimum absolute atomic E-state index is 0.00948. The zero-order valence-electron chi connectivity index (χ0n) is 20.6. The number of sulfonamides is 2. The molecule has 0 saturated carbocycles. The quantitative estimate of drug-likeness (QED) is 0.346. The zero-order chi connectivity index (χ0) is 27.2. The van der Waals surface area contributed by atoms with Gasteiger partial charge in [-0.3, -0.25) is 9.10 Å². The van der Waals surface area contributed by atoms with Gasteiger partial charge in [-0.1, -0.05) is 19.9 Å². The molecule has 0 unspecified atom stereocenters. The number of thioether (sulfide) groups is 1. The first kappa shape index (κ1) is 28.6. The third kappa shape index (κ3) is 6.69. The van der Waals surface area contributed by atoms with Gasteiger partial charge in [0.05, 0.1) is 15.5 Å². The lowest BCUT2D eigenvalue weighted by Crippen LogP contribution is -2.38. The van der Waals surface area contributed by atoms with Gasteiger partial charge in [0.15, 0.2) is 0 Å². The summed E-state index contributed by atoms with van der Waals surface area (Å²) in [5.74, 6) is -1.34. The number of anilines is 2. The highest BCUT2D eigenvalue weighted by atomic mass is 32.2. The summed E-state index contributed by atoms with van der Waals surface area (Å²) in [5.41, 5.74) is 0.272. The van der Waals surface area contributed by atoms with Crippen molar-refractivity contribution in [3.63, 3.8) is 0 Å². The first-order valence-electron chi connectivity index (χ1n) is 11.3. The number of carbonyl (C=O) groups excluding carboxylic acids is 1. The molecule has 0 atom stereocenters. The van der Waals surface area contributed by atoms with Crippen LogP contribution in [-0.2, 0) is 24.8 Å². The highest BCUT2D eigenvalue weighted by Gasteiger charge is 2.28. The molecular weight excluding hydrogens is 537 g/mol. The maximum Gasteiger partial charge on any atom is 0.264 e. The van der Waals surface area contributed by atoms with E-state index >= 15 is 0 Å². The number of nitrogens with one attached hydrogen (secondary N) is 1. The van der Waals surface area contributed by atoms with Crippen LogP contribution in [0, 0.1) is 5.82 Å². The average Bonchev–Trinajstić information content (AvgIpc) is 2.88. The van der Waals surface area contributed by atoms with E-state index in [0.717, 1.165) is 15.3 Å². The van der Waals surface area contributed by atoms with E-state index in [1.54, 1.807) is 26.0 Å². The molecule has 3 rings (SSSR count). The van der Waals surface area contributed by atoms with E-state index < -0.39 is 38.3 Å². The number of benzene rings is 3. The van der Waals surface area contributed by atoms with Crippen molar-refractivity contribution in [2.45, 2.75) is 28.5 Å². The molecule has 1 N–H and O–H groups in total. The SMILES string of the molecule is CCN(CC)S(=O)(=O)c1ccc(NC(=O)CN(c2cccc(F)c2)S(=O)(=O)c2ccc(SC)cc2)cc1. The molecule has 3 aromatic rings. The highest BCUT2D eigenvalue weighted by Crippen LogP contribution is 2.26. The van der Waals surface area contributed by atoms with E-state index in [1.165, 1.54) is 70.7 Å². The monoisotopic (exact) mass is 565 g/mol. The summed E-state index contributed by atoms with van der Waals surface area (Å²) < 4.78 is 68.4. The van der Waals surface area contributed by atoms with Crippen LogP contribution in [0.3, 0.4) is 0 Å². The van der Waals surface area contributed by atoms with Gasteiger partial charge in [0, 0.05) is 23.7 Å². The van der Waals surface area contributed by atoms with Crippen molar-refractivity contribution in [3.05, 3.63) is 78.6 Å². The Bertz CT molecular complexity index is 1440. The van der Waals surface area contributed by atoms with E-state index in [1.807, 2.05) is 6.26 Å². The molecule has 0 radical (unpaired) electrons. The van der Waals surface area contributed by atoms with Crippen LogP contribution in [-0.4, -0.2) is 52.9 Å². The number of hydrogen-bond acceptors (Lipinski definition) is 6. The van der Waals surface area contributed by atoms with E-state index in [2.05, 4.69) is 5.32 Å². The molecule has 0 heterocycles. The second-order valence-corrected chi connectivity index (χ2v) is 12.5. The molecule has 0 fully saturated rings. The van der Waals surface area contributed by atoms with E-state index in [9.17, 15) is 26.0 Å². The van der Waals surface area contributed by atoms with Crippen molar-refractivity contribution in [1.29, 1.82) is 0 Å². The topological polar surface area (TPSA) is 104 Å². The fraction of sp³-hybridized carbons (Fsp3) is 0.240. The molecule has 37 heavy (non-hydrogen) atoms. The van der Waals surface area contributed by atoms with E-state index in [-0.39, 0.29) is 21.2 Å². The maximum atomic E-state index is 14.0. The Hall–Kier alpha value is -2.93. The summed E-state index contributed by atoms with van der Waals surface area (Å²) in [4.78, 5) is 13.8. The second-order valence-electron chi connectivity index (χ2n) is 7.83. The van der Waals surface area contributed by atoms with Crippen molar-refractivity contribution >= 4 is 49.1 Å². The van der Waals surface area contributed by atoms with E-state index in [0.29, 0.717) is 13.1 Å². The third-order valence-electron chi connectivity index (χ3n) is 5.51. The van der Waals surface area contributed by atoms with Crippen molar-refractivity contribution in [2.24, 2.45) is 0 Å². The summed E-state index contributed by atoms with van der Waals surface area (Å²) in [6.45, 7) is 3.50. The maximum absolute atomic E-state index is 14.0. The molecule has 0 spiro atoms. The van der Waals surface area contributed by atoms with Crippen molar-refractivity contribution in [3.8, 4) is 0 Å². The molecular formula is C25H28FN3O5S3. The Labute approximate surface area is 221 Å². The Morgan fingerprint density at radius 3 is 1.97 bits per heavy atom. The first-order chi connectivity index (χ1) is 17.5. The van der Waals surface area contributed by atoms with Crippen molar-refractivity contribution < 1.29 is 26.0 Å². The fourth-order valence-corrected chi connectivity index (χ4v) is 6.85. The Balaban J connectivity index is 1.86. The average molecular weight is 566 g/mol. The molecule has 0 saturated heterocycles. The number of rotatable bonds is 11. The Kier molecular flexibility index (Phi) is 9.35. The number of nitrogens with zero attached hydrogens (tertiary/aromatic N) is 2. The lowest BCUT2D eigenvalue weighted by atomic mass is 10.3. The normalized spacial score (nSPS) is 11.9. The number of amides is 1. The minimum atomic E-state index is -4.21. The van der Waals surface area contributed by atoms with Gasteiger partial charge in [-0.25, -0.2) is 21.2 Å². The molecule has 12 heteroatoms. The molecule has 8 nitrogen and oxygen atoms in total. The standard InChI is InChI=1S/C25H28FN3O5S3/c1-4-28(5-2)36(31,32)23-13-9-20(10-14-23)27-25(30)18-29(21-8-6-7-19(26)17-21)37(33,34)24-15-11-22(35-3)12-16-24/h6-17H,4-5,18H2,1-3H3,(H,27,30). The van der Waals surface area contributed by atoms with Crippen molar-refractivity contribution in [2.75, 3.05) is 35.5 Å². The largest absolute Gasteiger partial charge is 0.325 e.